The maximum absolute atomic E-state index is 12.7. The summed E-state index contributed by atoms with van der Waals surface area (Å²) in [6.07, 6.45) is 0.0360. The monoisotopic (exact) mass is 353 g/mol. The number of carbonyl (C=O) groups excluding carboxylic acids is 2. The van der Waals surface area contributed by atoms with Crippen LogP contribution >= 0.6 is 0 Å². The second-order valence-corrected chi connectivity index (χ2v) is 6.61. The highest BCUT2D eigenvalue weighted by molar-refractivity contribution is 6.00. The average Bonchev–Trinajstić information content (AvgIpc) is 3.05. The van der Waals surface area contributed by atoms with Gasteiger partial charge in [-0.3, -0.25) is 4.79 Å². The molecule has 0 N–H and O–H groups in total. The SMILES string of the molecule is CC(C)Oc1ccc(C(=O)O[C@@H](C)C(=O)N2CCc3ccccc32)cc1. The molecule has 0 radical (unpaired) electrons. The van der Waals surface area contributed by atoms with Crippen LogP contribution in [0.3, 0.4) is 0 Å². The minimum Gasteiger partial charge on any atom is -0.491 e. The molecule has 0 aromatic heterocycles. The highest BCUT2D eigenvalue weighted by Gasteiger charge is 2.29. The average molecular weight is 353 g/mol. The largest absolute Gasteiger partial charge is 0.491 e. The molecule has 3 rings (SSSR count). The molecule has 0 fully saturated rings. The van der Waals surface area contributed by atoms with Crippen molar-refractivity contribution < 1.29 is 19.1 Å². The molecular weight excluding hydrogens is 330 g/mol. The van der Waals surface area contributed by atoms with Crippen molar-refractivity contribution in [3.63, 3.8) is 0 Å². The Morgan fingerprint density at radius 1 is 1.00 bits per heavy atom. The smallest absolute Gasteiger partial charge is 0.338 e. The third-order valence-electron chi connectivity index (χ3n) is 4.25. The number of amides is 1. The first-order chi connectivity index (χ1) is 12.5. The highest BCUT2D eigenvalue weighted by atomic mass is 16.5. The Morgan fingerprint density at radius 3 is 2.38 bits per heavy atom. The van der Waals surface area contributed by atoms with Crippen molar-refractivity contribution >= 4 is 17.6 Å². The molecule has 1 amide bonds. The maximum atomic E-state index is 12.7. The van der Waals surface area contributed by atoms with Crippen LogP contribution in [0.4, 0.5) is 5.69 Å². The number of benzene rings is 2. The molecule has 0 saturated carbocycles. The Morgan fingerprint density at radius 2 is 1.69 bits per heavy atom. The lowest BCUT2D eigenvalue weighted by Gasteiger charge is -2.21. The third kappa shape index (κ3) is 3.87. The van der Waals surface area contributed by atoms with Gasteiger partial charge in [0.1, 0.15) is 5.75 Å². The van der Waals surface area contributed by atoms with Gasteiger partial charge in [0.2, 0.25) is 0 Å². The molecule has 5 nitrogen and oxygen atoms in total. The third-order valence-corrected chi connectivity index (χ3v) is 4.25. The Balaban J connectivity index is 1.63. The van der Waals surface area contributed by atoms with Gasteiger partial charge in [-0.15, -0.1) is 0 Å². The first-order valence-corrected chi connectivity index (χ1v) is 8.82. The van der Waals surface area contributed by atoms with E-state index in [-0.39, 0.29) is 12.0 Å². The Hall–Kier alpha value is -2.82. The summed E-state index contributed by atoms with van der Waals surface area (Å²) in [5, 5.41) is 0. The zero-order valence-corrected chi connectivity index (χ0v) is 15.3. The zero-order valence-electron chi connectivity index (χ0n) is 15.3. The standard InChI is InChI=1S/C21H23NO4/c1-14(2)25-18-10-8-17(9-11-18)21(24)26-15(3)20(23)22-13-12-16-6-4-5-7-19(16)22/h4-11,14-15H,12-13H2,1-3H3/t15-/m0/s1. The van der Waals surface area contributed by atoms with Crippen LogP contribution in [0.5, 0.6) is 5.75 Å². The fraction of sp³-hybridized carbons (Fsp3) is 0.333. The van der Waals surface area contributed by atoms with Gasteiger partial charge in [-0.25, -0.2) is 4.79 Å². The van der Waals surface area contributed by atoms with Crippen LogP contribution in [0.2, 0.25) is 0 Å². The molecule has 1 heterocycles. The van der Waals surface area contributed by atoms with Crippen LogP contribution in [-0.2, 0) is 16.0 Å². The lowest BCUT2D eigenvalue weighted by molar-refractivity contribution is -0.126. The van der Waals surface area contributed by atoms with Gasteiger partial charge in [-0.1, -0.05) is 18.2 Å². The number of hydrogen-bond acceptors (Lipinski definition) is 4. The maximum Gasteiger partial charge on any atom is 0.338 e. The number of ether oxygens (including phenoxy) is 2. The summed E-state index contributed by atoms with van der Waals surface area (Å²) in [7, 11) is 0. The van der Waals surface area contributed by atoms with Crippen LogP contribution in [-0.4, -0.2) is 30.6 Å². The van der Waals surface area contributed by atoms with Gasteiger partial charge in [0, 0.05) is 12.2 Å². The summed E-state index contributed by atoms with van der Waals surface area (Å²) >= 11 is 0. The normalized spacial score (nSPS) is 14.1. The van der Waals surface area contributed by atoms with E-state index in [1.807, 2.05) is 38.1 Å². The predicted octanol–water partition coefficient (Wildman–Crippen LogP) is 3.61. The summed E-state index contributed by atoms with van der Waals surface area (Å²) in [6, 6.07) is 14.5. The van der Waals surface area contributed by atoms with Gasteiger partial charge < -0.3 is 14.4 Å². The number of esters is 1. The van der Waals surface area contributed by atoms with E-state index in [1.54, 1.807) is 36.1 Å². The second-order valence-electron chi connectivity index (χ2n) is 6.61. The van der Waals surface area contributed by atoms with Crippen LogP contribution in [0, 0.1) is 0 Å². The predicted molar refractivity (Wildman–Crippen MR) is 99.6 cm³/mol. The molecular formula is C21H23NO4. The molecule has 1 aliphatic rings. The van der Waals surface area contributed by atoms with E-state index in [0.717, 1.165) is 17.7 Å². The van der Waals surface area contributed by atoms with Crippen LogP contribution < -0.4 is 9.64 Å². The molecule has 0 unspecified atom stereocenters. The number of rotatable bonds is 5. The molecule has 0 bridgehead atoms. The molecule has 1 aliphatic heterocycles. The molecule has 2 aromatic carbocycles. The van der Waals surface area contributed by atoms with Crippen LogP contribution in [0.15, 0.2) is 48.5 Å². The van der Waals surface area contributed by atoms with Gasteiger partial charge in [0.15, 0.2) is 6.10 Å². The summed E-state index contributed by atoms with van der Waals surface area (Å²) in [4.78, 5) is 26.7. The van der Waals surface area contributed by atoms with E-state index in [1.165, 1.54) is 0 Å². The van der Waals surface area contributed by atoms with Crippen LogP contribution in [0.1, 0.15) is 36.7 Å². The van der Waals surface area contributed by atoms with Crippen molar-refractivity contribution in [3.8, 4) is 5.75 Å². The van der Waals surface area contributed by atoms with Crippen molar-refractivity contribution in [2.75, 3.05) is 11.4 Å². The van der Waals surface area contributed by atoms with E-state index in [4.69, 9.17) is 9.47 Å². The number of para-hydroxylation sites is 1. The molecule has 0 spiro atoms. The van der Waals surface area contributed by atoms with Gasteiger partial charge in [0.25, 0.3) is 5.91 Å². The van der Waals surface area contributed by atoms with E-state index in [0.29, 0.717) is 17.9 Å². The second kappa shape index (κ2) is 7.60. The summed E-state index contributed by atoms with van der Waals surface area (Å²) < 4.78 is 10.9. The molecule has 136 valence electrons. The summed E-state index contributed by atoms with van der Waals surface area (Å²) in [5.74, 6) is -0.0353. The summed E-state index contributed by atoms with van der Waals surface area (Å²) in [5.41, 5.74) is 2.43. The highest BCUT2D eigenvalue weighted by Crippen LogP contribution is 2.28. The lowest BCUT2D eigenvalue weighted by Crippen LogP contribution is -2.39. The topological polar surface area (TPSA) is 55.8 Å². The van der Waals surface area contributed by atoms with E-state index < -0.39 is 12.1 Å². The van der Waals surface area contributed by atoms with Gasteiger partial charge in [-0.05, 0) is 63.1 Å². The van der Waals surface area contributed by atoms with Gasteiger partial charge in [0.05, 0.1) is 11.7 Å². The lowest BCUT2D eigenvalue weighted by atomic mass is 10.2. The molecule has 2 aromatic rings. The van der Waals surface area contributed by atoms with Crippen molar-refractivity contribution in [1.82, 2.24) is 0 Å². The minimum atomic E-state index is -0.847. The van der Waals surface area contributed by atoms with Gasteiger partial charge >= 0.3 is 5.97 Å². The van der Waals surface area contributed by atoms with E-state index >= 15 is 0 Å². The van der Waals surface area contributed by atoms with Crippen molar-refractivity contribution in [2.45, 2.75) is 39.4 Å². The summed E-state index contributed by atoms with van der Waals surface area (Å²) in [6.45, 7) is 6.09. The van der Waals surface area contributed by atoms with Crippen molar-refractivity contribution in [3.05, 3.63) is 59.7 Å². The Labute approximate surface area is 153 Å². The molecule has 1 atom stereocenters. The fourth-order valence-electron chi connectivity index (χ4n) is 3.01. The van der Waals surface area contributed by atoms with Gasteiger partial charge in [-0.2, -0.15) is 0 Å². The zero-order chi connectivity index (χ0) is 18.7. The van der Waals surface area contributed by atoms with Crippen LogP contribution in [0.25, 0.3) is 0 Å². The first kappa shape index (κ1) is 18.0. The number of nitrogens with zero attached hydrogens (tertiary/aromatic N) is 1. The number of hydrogen-bond donors (Lipinski definition) is 0. The fourth-order valence-corrected chi connectivity index (χ4v) is 3.01. The van der Waals surface area contributed by atoms with Crippen molar-refractivity contribution in [2.24, 2.45) is 0 Å². The molecule has 0 saturated heterocycles. The number of fused-ring (bicyclic) bond motifs is 1. The molecule has 26 heavy (non-hydrogen) atoms. The minimum absolute atomic E-state index is 0.0637. The Kier molecular flexibility index (Phi) is 5.26. The van der Waals surface area contributed by atoms with Crippen molar-refractivity contribution in [1.29, 1.82) is 0 Å². The van der Waals surface area contributed by atoms with E-state index in [9.17, 15) is 9.59 Å². The number of anilines is 1. The first-order valence-electron chi connectivity index (χ1n) is 8.82. The quantitative estimate of drug-likeness (QED) is 0.771. The Bertz CT molecular complexity index is 798. The molecule has 0 aliphatic carbocycles. The number of carbonyl (C=O) groups is 2. The molecule has 5 heteroatoms. The van der Waals surface area contributed by atoms with E-state index in [2.05, 4.69) is 0 Å².